The number of aliphatic hydroxyl groups is 1. The number of halogens is 1. The van der Waals surface area contributed by atoms with Gasteiger partial charge in [-0.1, -0.05) is 18.2 Å². The van der Waals surface area contributed by atoms with Crippen LogP contribution < -0.4 is 10.5 Å². The van der Waals surface area contributed by atoms with Gasteiger partial charge in [0, 0.05) is 0 Å². The molecule has 0 radical (unpaired) electrons. The summed E-state index contributed by atoms with van der Waals surface area (Å²) in [6.45, 7) is 0.277. The number of anilines is 1. The van der Waals surface area contributed by atoms with Crippen LogP contribution in [-0.2, 0) is 13.2 Å². The van der Waals surface area contributed by atoms with Crippen LogP contribution in [0.5, 0.6) is 5.75 Å². The van der Waals surface area contributed by atoms with Gasteiger partial charge < -0.3 is 15.6 Å². The summed E-state index contributed by atoms with van der Waals surface area (Å²) in [6, 6.07) is 11.7. The minimum atomic E-state index is -0.438. The van der Waals surface area contributed by atoms with Crippen molar-refractivity contribution in [2.75, 3.05) is 5.73 Å². The largest absolute Gasteiger partial charge is 0.489 e. The lowest BCUT2D eigenvalue weighted by atomic mass is 10.2. The van der Waals surface area contributed by atoms with Crippen molar-refractivity contribution < 1.29 is 14.2 Å². The molecule has 94 valence electrons. The lowest BCUT2D eigenvalue weighted by molar-refractivity contribution is 0.280. The van der Waals surface area contributed by atoms with Crippen LogP contribution in [0.1, 0.15) is 11.1 Å². The summed E-state index contributed by atoms with van der Waals surface area (Å²) in [5, 5.41) is 8.90. The smallest absolute Gasteiger partial charge is 0.146 e. The van der Waals surface area contributed by atoms with Gasteiger partial charge in [0.05, 0.1) is 12.3 Å². The second-order valence-corrected chi connectivity index (χ2v) is 3.95. The van der Waals surface area contributed by atoms with Gasteiger partial charge in [-0.25, -0.2) is 4.39 Å². The summed E-state index contributed by atoms with van der Waals surface area (Å²) in [7, 11) is 0. The van der Waals surface area contributed by atoms with Crippen molar-refractivity contribution in [2.45, 2.75) is 13.2 Å². The molecule has 3 nitrogen and oxygen atoms in total. The van der Waals surface area contributed by atoms with Crippen molar-refractivity contribution in [3.05, 3.63) is 59.4 Å². The van der Waals surface area contributed by atoms with Crippen LogP contribution in [0.3, 0.4) is 0 Å². The second kappa shape index (κ2) is 5.51. The van der Waals surface area contributed by atoms with E-state index in [4.69, 9.17) is 15.6 Å². The highest BCUT2D eigenvalue weighted by Gasteiger charge is 2.01. The van der Waals surface area contributed by atoms with E-state index in [-0.39, 0.29) is 18.9 Å². The average molecular weight is 247 g/mol. The maximum atomic E-state index is 13.2. The summed E-state index contributed by atoms with van der Waals surface area (Å²) < 4.78 is 18.7. The molecule has 0 aromatic heterocycles. The fraction of sp³-hybridized carbons (Fsp3) is 0.143. The lowest BCUT2D eigenvalue weighted by Gasteiger charge is -2.07. The number of nitrogens with two attached hydrogens (primary N) is 1. The topological polar surface area (TPSA) is 55.5 Å². The van der Waals surface area contributed by atoms with Crippen molar-refractivity contribution in [3.63, 3.8) is 0 Å². The predicted molar refractivity (Wildman–Crippen MR) is 67.5 cm³/mol. The molecule has 0 aliphatic carbocycles. The first-order valence-corrected chi connectivity index (χ1v) is 5.55. The van der Waals surface area contributed by atoms with E-state index >= 15 is 0 Å². The predicted octanol–water partition coefficient (Wildman–Crippen LogP) is 2.48. The fourth-order valence-electron chi connectivity index (χ4n) is 1.52. The molecule has 2 rings (SSSR count). The van der Waals surface area contributed by atoms with Crippen molar-refractivity contribution in [2.24, 2.45) is 0 Å². The second-order valence-electron chi connectivity index (χ2n) is 3.95. The standard InChI is InChI=1S/C14H14FNO2/c15-13-7-11(3-6-14(13)16)9-18-12-4-1-10(8-17)2-5-12/h1-7,17H,8-9,16H2. The van der Waals surface area contributed by atoms with Crippen LogP contribution in [0.15, 0.2) is 42.5 Å². The summed E-state index contributed by atoms with van der Waals surface area (Å²) in [5.74, 6) is 0.233. The van der Waals surface area contributed by atoms with Crippen LogP contribution >= 0.6 is 0 Å². The van der Waals surface area contributed by atoms with E-state index < -0.39 is 5.82 Å². The van der Waals surface area contributed by atoms with E-state index in [1.165, 1.54) is 12.1 Å². The Balaban J connectivity index is 1.99. The molecule has 0 spiro atoms. The van der Waals surface area contributed by atoms with Crippen molar-refractivity contribution >= 4 is 5.69 Å². The Morgan fingerprint density at radius 1 is 1.06 bits per heavy atom. The molecule has 0 aliphatic rings. The van der Waals surface area contributed by atoms with Gasteiger partial charge in [-0.3, -0.25) is 0 Å². The molecule has 2 aromatic carbocycles. The van der Waals surface area contributed by atoms with Gasteiger partial charge in [-0.15, -0.1) is 0 Å². The maximum Gasteiger partial charge on any atom is 0.146 e. The summed E-state index contributed by atoms with van der Waals surface area (Å²) in [5.41, 5.74) is 7.05. The third kappa shape index (κ3) is 2.99. The van der Waals surface area contributed by atoms with Gasteiger partial charge in [-0.2, -0.15) is 0 Å². The zero-order valence-electron chi connectivity index (χ0n) is 9.77. The van der Waals surface area contributed by atoms with Crippen LogP contribution in [0.2, 0.25) is 0 Å². The molecule has 0 bridgehead atoms. The van der Waals surface area contributed by atoms with Crippen LogP contribution in [0.25, 0.3) is 0 Å². The Morgan fingerprint density at radius 2 is 1.72 bits per heavy atom. The van der Waals surface area contributed by atoms with E-state index in [1.807, 2.05) is 0 Å². The van der Waals surface area contributed by atoms with Gasteiger partial charge in [0.2, 0.25) is 0 Å². The first kappa shape index (κ1) is 12.4. The molecule has 0 fully saturated rings. The van der Waals surface area contributed by atoms with Gasteiger partial charge in [-0.05, 0) is 35.4 Å². The zero-order chi connectivity index (χ0) is 13.0. The van der Waals surface area contributed by atoms with Crippen molar-refractivity contribution in [3.8, 4) is 5.75 Å². The number of hydrogen-bond acceptors (Lipinski definition) is 3. The normalized spacial score (nSPS) is 10.3. The van der Waals surface area contributed by atoms with Crippen LogP contribution in [0.4, 0.5) is 10.1 Å². The SMILES string of the molecule is Nc1ccc(COc2ccc(CO)cc2)cc1F. The summed E-state index contributed by atoms with van der Waals surface area (Å²) >= 11 is 0. The number of benzene rings is 2. The lowest BCUT2D eigenvalue weighted by Crippen LogP contribution is -1.98. The molecular weight excluding hydrogens is 233 g/mol. The van der Waals surface area contributed by atoms with Crippen LogP contribution in [0, 0.1) is 5.82 Å². The van der Waals surface area contributed by atoms with E-state index in [9.17, 15) is 4.39 Å². The Hall–Kier alpha value is -2.07. The molecule has 2 aromatic rings. The minimum absolute atomic E-state index is 0.00343. The van der Waals surface area contributed by atoms with Gasteiger partial charge in [0.1, 0.15) is 18.2 Å². The van der Waals surface area contributed by atoms with E-state index in [0.717, 1.165) is 5.56 Å². The molecule has 0 aliphatic heterocycles. The molecule has 0 heterocycles. The molecule has 0 unspecified atom stereocenters. The fourth-order valence-corrected chi connectivity index (χ4v) is 1.52. The van der Waals surface area contributed by atoms with Crippen LogP contribution in [-0.4, -0.2) is 5.11 Å². The molecule has 18 heavy (non-hydrogen) atoms. The number of ether oxygens (including phenoxy) is 1. The van der Waals surface area contributed by atoms with E-state index in [0.29, 0.717) is 11.3 Å². The number of hydrogen-bond donors (Lipinski definition) is 2. The Labute approximate surface area is 105 Å². The quantitative estimate of drug-likeness (QED) is 0.816. The zero-order valence-corrected chi connectivity index (χ0v) is 9.77. The van der Waals surface area contributed by atoms with Crippen molar-refractivity contribution in [1.29, 1.82) is 0 Å². The first-order chi connectivity index (χ1) is 8.69. The molecule has 0 amide bonds. The number of nitrogen functional groups attached to an aromatic ring is 1. The highest BCUT2D eigenvalue weighted by molar-refractivity contribution is 5.41. The number of rotatable bonds is 4. The highest BCUT2D eigenvalue weighted by atomic mass is 19.1. The van der Waals surface area contributed by atoms with Gasteiger partial charge >= 0.3 is 0 Å². The molecule has 0 saturated heterocycles. The Kier molecular flexibility index (Phi) is 3.79. The monoisotopic (exact) mass is 247 g/mol. The summed E-state index contributed by atoms with van der Waals surface area (Å²) in [4.78, 5) is 0. The molecular formula is C14H14FNO2. The third-order valence-electron chi connectivity index (χ3n) is 2.58. The van der Waals surface area contributed by atoms with Crippen molar-refractivity contribution in [1.82, 2.24) is 0 Å². The number of aliphatic hydroxyl groups excluding tert-OH is 1. The molecule has 0 atom stereocenters. The Bertz CT molecular complexity index is 526. The average Bonchev–Trinajstić information content (AvgIpc) is 2.41. The molecule has 3 N–H and O–H groups in total. The van der Waals surface area contributed by atoms with Gasteiger partial charge in [0.25, 0.3) is 0 Å². The molecule has 4 heteroatoms. The van der Waals surface area contributed by atoms with Gasteiger partial charge in [0.15, 0.2) is 0 Å². The van der Waals surface area contributed by atoms with E-state index in [1.54, 1.807) is 30.3 Å². The maximum absolute atomic E-state index is 13.2. The Morgan fingerprint density at radius 3 is 2.33 bits per heavy atom. The first-order valence-electron chi connectivity index (χ1n) is 5.55. The minimum Gasteiger partial charge on any atom is -0.489 e. The highest BCUT2D eigenvalue weighted by Crippen LogP contribution is 2.16. The van der Waals surface area contributed by atoms with E-state index in [2.05, 4.69) is 0 Å². The summed E-state index contributed by atoms with van der Waals surface area (Å²) in [6.07, 6.45) is 0. The third-order valence-corrected chi connectivity index (χ3v) is 2.58. The molecule has 0 saturated carbocycles.